The Morgan fingerprint density at radius 1 is 1.26 bits per heavy atom. The zero-order chi connectivity index (χ0) is 13.7. The third-order valence-corrected chi connectivity index (χ3v) is 3.08. The first kappa shape index (κ1) is 13.3. The van der Waals surface area contributed by atoms with Crippen molar-refractivity contribution in [2.75, 3.05) is 18.4 Å². The monoisotopic (exact) mass is 259 g/mol. The van der Waals surface area contributed by atoms with Crippen LogP contribution in [0.15, 0.2) is 31.0 Å². The molecule has 5 heteroatoms. The van der Waals surface area contributed by atoms with Gasteiger partial charge in [0.15, 0.2) is 0 Å². The summed E-state index contributed by atoms with van der Waals surface area (Å²) in [6.45, 7) is 4.97. The minimum Gasteiger partial charge on any atom is -0.337 e. The summed E-state index contributed by atoms with van der Waals surface area (Å²) in [4.78, 5) is 29.2. The fourth-order valence-electron chi connectivity index (χ4n) is 2.05. The first-order valence-electron chi connectivity index (χ1n) is 6.39. The molecule has 0 aliphatic carbocycles. The number of aromatic nitrogens is 1. The minimum absolute atomic E-state index is 0.0405. The van der Waals surface area contributed by atoms with Crippen LogP contribution in [0.1, 0.15) is 29.8 Å². The summed E-state index contributed by atoms with van der Waals surface area (Å²) >= 11 is 0. The summed E-state index contributed by atoms with van der Waals surface area (Å²) in [5, 5.41) is 2.59. The van der Waals surface area contributed by atoms with Crippen molar-refractivity contribution < 1.29 is 9.59 Å². The lowest BCUT2D eigenvalue weighted by molar-refractivity contribution is -0.111. The molecule has 0 spiro atoms. The molecule has 0 saturated carbocycles. The number of likely N-dealkylation sites (tertiary alicyclic amines) is 1. The SMILES string of the molecule is C=CC(=O)Nc1ccc(C(=O)N2CCCCC2)nc1. The zero-order valence-corrected chi connectivity index (χ0v) is 10.8. The lowest BCUT2D eigenvalue weighted by Crippen LogP contribution is -2.36. The van der Waals surface area contributed by atoms with Crippen LogP contribution in [0.4, 0.5) is 5.69 Å². The third-order valence-electron chi connectivity index (χ3n) is 3.08. The number of hydrogen-bond acceptors (Lipinski definition) is 3. The topological polar surface area (TPSA) is 62.3 Å². The van der Waals surface area contributed by atoms with Crippen LogP contribution in [-0.4, -0.2) is 34.8 Å². The van der Waals surface area contributed by atoms with Gasteiger partial charge in [-0.25, -0.2) is 4.98 Å². The van der Waals surface area contributed by atoms with Gasteiger partial charge in [0.2, 0.25) is 5.91 Å². The van der Waals surface area contributed by atoms with E-state index in [2.05, 4.69) is 16.9 Å². The number of nitrogens with zero attached hydrogens (tertiary/aromatic N) is 2. The number of piperidine rings is 1. The summed E-state index contributed by atoms with van der Waals surface area (Å²) < 4.78 is 0. The standard InChI is InChI=1S/C14H17N3O2/c1-2-13(18)16-11-6-7-12(15-10-11)14(19)17-8-4-3-5-9-17/h2,6-7,10H,1,3-5,8-9H2,(H,16,18). The van der Waals surface area contributed by atoms with Crippen molar-refractivity contribution in [1.29, 1.82) is 0 Å². The van der Waals surface area contributed by atoms with Crippen molar-refractivity contribution in [3.63, 3.8) is 0 Å². The molecular formula is C14H17N3O2. The van der Waals surface area contributed by atoms with Gasteiger partial charge in [0.1, 0.15) is 5.69 Å². The van der Waals surface area contributed by atoms with Crippen molar-refractivity contribution in [3.05, 3.63) is 36.7 Å². The van der Waals surface area contributed by atoms with Crippen molar-refractivity contribution in [3.8, 4) is 0 Å². The van der Waals surface area contributed by atoms with Crippen LogP contribution in [-0.2, 0) is 4.79 Å². The second-order valence-electron chi connectivity index (χ2n) is 4.48. The van der Waals surface area contributed by atoms with Crippen molar-refractivity contribution >= 4 is 17.5 Å². The quantitative estimate of drug-likeness (QED) is 0.842. The Morgan fingerprint density at radius 2 is 2.00 bits per heavy atom. The minimum atomic E-state index is -0.295. The first-order valence-corrected chi connectivity index (χ1v) is 6.39. The van der Waals surface area contributed by atoms with Crippen LogP contribution >= 0.6 is 0 Å². The molecule has 100 valence electrons. The highest BCUT2D eigenvalue weighted by Crippen LogP contribution is 2.13. The van der Waals surface area contributed by atoms with E-state index >= 15 is 0 Å². The number of hydrogen-bond donors (Lipinski definition) is 1. The van der Waals surface area contributed by atoms with Gasteiger partial charge in [0.05, 0.1) is 11.9 Å². The van der Waals surface area contributed by atoms with Crippen LogP contribution in [0.5, 0.6) is 0 Å². The maximum atomic E-state index is 12.1. The van der Waals surface area contributed by atoms with E-state index in [0.717, 1.165) is 25.9 Å². The van der Waals surface area contributed by atoms with Crippen molar-refractivity contribution in [1.82, 2.24) is 9.88 Å². The second-order valence-corrected chi connectivity index (χ2v) is 4.48. The number of rotatable bonds is 3. The second kappa shape index (κ2) is 6.13. The van der Waals surface area contributed by atoms with E-state index < -0.39 is 0 Å². The molecule has 1 aliphatic heterocycles. The van der Waals surface area contributed by atoms with E-state index in [1.54, 1.807) is 12.1 Å². The summed E-state index contributed by atoms with van der Waals surface area (Å²) in [6, 6.07) is 3.31. The molecular weight excluding hydrogens is 242 g/mol. The summed E-state index contributed by atoms with van der Waals surface area (Å²) in [7, 11) is 0. The lowest BCUT2D eigenvalue weighted by atomic mass is 10.1. The molecule has 1 aliphatic rings. The van der Waals surface area contributed by atoms with Crippen LogP contribution in [0.25, 0.3) is 0 Å². The van der Waals surface area contributed by atoms with Crippen molar-refractivity contribution in [2.45, 2.75) is 19.3 Å². The average molecular weight is 259 g/mol. The lowest BCUT2D eigenvalue weighted by Gasteiger charge is -2.26. The third kappa shape index (κ3) is 3.40. The first-order chi connectivity index (χ1) is 9.20. The highest BCUT2D eigenvalue weighted by Gasteiger charge is 2.18. The molecule has 19 heavy (non-hydrogen) atoms. The summed E-state index contributed by atoms with van der Waals surface area (Å²) in [6.07, 6.45) is 5.97. The number of anilines is 1. The van der Waals surface area contributed by atoms with Gasteiger partial charge in [0.25, 0.3) is 5.91 Å². The Kier molecular flexibility index (Phi) is 4.28. The molecule has 1 aromatic rings. The molecule has 0 atom stereocenters. The Bertz CT molecular complexity index is 476. The van der Waals surface area contributed by atoms with Crippen LogP contribution in [0, 0.1) is 0 Å². The predicted molar refractivity (Wildman–Crippen MR) is 72.8 cm³/mol. The van der Waals surface area contributed by atoms with Gasteiger partial charge in [-0.1, -0.05) is 6.58 Å². The molecule has 2 amide bonds. The van der Waals surface area contributed by atoms with Gasteiger partial charge in [-0.2, -0.15) is 0 Å². The van der Waals surface area contributed by atoms with Crippen LogP contribution < -0.4 is 5.32 Å². The molecule has 2 rings (SSSR count). The molecule has 5 nitrogen and oxygen atoms in total. The van der Waals surface area contributed by atoms with Gasteiger partial charge in [-0.15, -0.1) is 0 Å². The molecule has 1 saturated heterocycles. The number of carbonyl (C=O) groups excluding carboxylic acids is 2. The normalized spacial score (nSPS) is 14.8. The van der Waals surface area contributed by atoms with Gasteiger partial charge in [0, 0.05) is 13.1 Å². The van der Waals surface area contributed by atoms with E-state index in [4.69, 9.17) is 0 Å². The molecule has 0 radical (unpaired) electrons. The maximum Gasteiger partial charge on any atom is 0.272 e. The van der Waals surface area contributed by atoms with E-state index in [0.29, 0.717) is 11.4 Å². The van der Waals surface area contributed by atoms with Crippen molar-refractivity contribution in [2.24, 2.45) is 0 Å². The van der Waals surface area contributed by atoms with E-state index in [-0.39, 0.29) is 11.8 Å². The molecule has 0 bridgehead atoms. The van der Waals surface area contributed by atoms with E-state index in [9.17, 15) is 9.59 Å². The largest absolute Gasteiger partial charge is 0.337 e. The highest BCUT2D eigenvalue weighted by molar-refractivity contribution is 5.99. The number of amides is 2. The number of pyridine rings is 1. The highest BCUT2D eigenvalue weighted by atomic mass is 16.2. The van der Waals surface area contributed by atoms with Gasteiger partial charge in [-0.3, -0.25) is 9.59 Å². The van der Waals surface area contributed by atoms with Gasteiger partial charge < -0.3 is 10.2 Å². The average Bonchev–Trinajstić information content (AvgIpc) is 2.48. The Labute approximate surface area is 112 Å². The summed E-state index contributed by atoms with van der Waals surface area (Å²) in [5.41, 5.74) is 0.971. The Hall–Kier alpha value is -2.17. The number of nitrogens with one attached hydrogen (secondary N) is 1. The smallest absolute Gasteiger partial charge is 0.272 e. The fraction of sp³-hybridized carbons (Fsp3) is 0.357. The van der Waals surface area contributed by atoms with Crippen LogP contribution in [0.2, 0.25) is 0 Å². The Morgan fingerprint density at radius 3 is 2.58 bits per heavy atom. The van der Waals surface area contributed by atoms with Gasteiger partial charge in [-0.05, 0) is 37.5 Å². The molecule has 1 fully saturated rings. The Balaban J connectivity index is 2.02. The summed E-state index contributed by atoms with van der Waals surface area (Å²) in [5.74, 6) is -0.335. The zero-order valence-electron chi connectivity index (χ0n) is 10.8. The molecule has 1 aromatic heterocycles. The van der Waals surface area contributed by atoms with E-state index in [1.165, 1.54) is 18.7 Å². The number of carbonyl (C=O) groups is 2. The van der Waals surface area contributed by atoms with E-state index in [1.807, 2.05) is 4.90 Å². The van der Waals surface area contributed by atoms with Crippen LogP contribution in [0.3, 0.4) is 0 Å². The molecule has 1 N–H and O–H groups in total. The molecule has 0 aromatic carbocycles. The fourth-order valence-corrected chi connectivity index (χ4v) is 2.05. The van der Waals surface area contributed by atoms with Gasteiger partial charge >= 0.3 is 0 Å². The molecule has 0 unspecified atom stereocenters. The predicted octanol–water partition coefficient (Wildman–Crippen LogP) is 1.83. The molecule has 2 heterocycles. The maximum absolute atomic E-state index is 12.1.